The van der Waals surface area contributed by atoms with Crippen molar-refractivity contribution in [3.63, 3.8) is 0 Å². The molecule has 0 saturated carbocycles. The smallest absolute Gasteiger partial charge is 0 e. The Morgan fingerprint density at radius 3 is 1.24 bits per heavy atom. The third-order valence-electron chi connectivity index (χ3n) is 1.17. The Morgan fingerprint density at radius 1 is 0.905 bits per heavy atom. The van der Waals surface area contributed by atoms with E-state index in [0.717, 1.165) is 0 Å². The van der Waals surface area contributed by atoms with E-state index >= 15 is 0 Å². The van der Waals surface area contributed by atoms with Crippen molar-refractivity contribution in [1.82, 2.24) is 0 Å². The molecule has 7 heteroatoms. The second-order valence-electron chi connectivity index (χ2n) is 3.06. The SMILES string of the molecule is CC(C)C[NH-].[CH3-].[CH3-].[W].[W].[Y].[Y].[c-]1ccco1.[c-]1ccco1. The molecule has 2 aromatic rings. The normalized spacial score (nSPS) is 6.10. The summed E-state index contributed by atoms with van der Waals surface area (Å²) in [5, 5.41) is 0. The van der Waals surface area contributed by atoms with Crippen molar-refractivity contribution in [3.8, 4) is 0 Å². The molecule has 0 bridgehead atoms. The molecule has 3 nitrogen and oxygen atoms in total. The van der Waals surface area contributed by atoms with Crippen LogP contribution in [0.25, 0.3) is 5.73 Å². The van der Waals surface area contributed by atoms with E-state index in [0.29, 0.717) is 12.5 Å². The molecule has 0 aliphatic rings. The Kier molecular flexibility index (Phi) is 78.7. The van der Waals surface area contributed by atoms with Crippen LogP contribution in [0.4, 0.5) is 0 Å². The standard InChI is InChI=1S/C4H10N.2C4H3O.2CH3.2W.2Y/c1-4(2)3-5;2*1-2-4-5-3-1;;;;;;/h4-5H,3H2,1-2H3;2*1-3H;2*1H3;;;;/q5*-1;;;;. The van der Waals surface area contributed by atoms with Gasteiger partial charge in [-0.1, -0.05) is 32.3 Å². The zero-order valence-corrected chi connectivity index (χ0v) is 24.6. The van der Waals surface area contributed by atoms with Gasteiger partial charge in [0.25, 0.3) is 0 Å². The summed E-state index contributed by atoms with van der Waals surface area (Å²) in [6, 6.07) is 6.97. The van der Waals surface area contributed by atoms with Crippen molar-refractivity contribution < 1.29 is 116 Å². The van der Waals surface area contributed by atoms with E-state index in [1.54, 1.807) is 36.8 Å². The van der Waals surface area contributed by atoms with Crippen molar-refractivity contribution >= 4 is 0 Å². The zero-order valence-electron chi connectivity index (χ0n) is 13.0. The molecule has 2 radical (unpaired) electrons. The molecule has 0 atom stereocenters. The Labute approximate surface area is 209 Å². The van der Waals surface area contributed by atoms with Crippen LogP contribution in [0.3, 0.4) is 0 Å². The molecule has 0 spiro atoms. The Hall–Kier alpha value is 2.10. The van der Waals surface area contributed by atoms with Gasteiger partial charge in [-0.3, -0.25) is 0 Å². The number of rotatable bonds is 1. The fraction of sp³-hybridized carbons (Fsp3) is 0.286. The average molecular weight is 782 g/mol. The molecule has 0 amide bonds. The van der Waals surface area contributed by atoms with Gasteiger partial charge in [0.15, 0.2) is 0 Å². The summed E-state index contributed by atoms with van der Waals surface area (Å²) in [5.41, 5.74) is 6.66. The molecule has 0 aromatic carbocycles. The first-order chi connectivity index (χ1) is 7.27. The zero-order chi connectivity index (χ0) is 11.4. The molecular formula is C14H22NO2W2Y2-5. The van der Waals surface area contributed by atoms with Gasteiger partial charge < -0.3 is 29.4 Å². The molecule has 2 aromatic heterocycles. The van der Waals surface area contributed by atoms with Crippen LogP contribution in [0, 0.1) is 33.3 Å². The number of nitrogens with one attached hydrogen (secondary N) is 1. The summed E-state index contributed by atoms with van der Waals surface area (Å²) >= 11 is 0. The van der Waals surface area contributed by atoms with Crippen LogP contribution in [0.1, 0.15) is 13.8 Å². The second kappa shape index (κ2) is 38.0. The minimum Gasteiger partial charge on any atom is -0.677 e. The van der Waals surface area contributed by atoms with Gasteiger partial charge >= 0.3 is 0 Å². The van der Waals surface area contributed by atoms with Crippen LogP contribution in [-0.2, 0) is 108 Å². The van der Waals surface area contributed by atoms with Gasteiger partial charge in [0.1, 0.15) is 0 Å². The maximum atomic E-state index is 6.66. The van der Waals surface area contributed by atoms with E-state index in [9.17, 15) is 0 Å². The molecule has 0 aliphatic heterocycles. The first kappa shape index (κ1) is 43.5. The number of hydrogen-bond acceptors (Lipinski definition) is 2. The molecule has 0 fully saturated rings. The first-order valence-electron chi connectivity index (χ1n) is 4.71. The van der Waals surface area contributed by atoms with Crippen molar-refractivity contribution in [2.24, 2.45) is 5.92 Å². The van der Waals surface area contributed by atoms with Crippen LogP contribution in [-0.4, -0.2) is 6.54 Å². The van der Waals surface area contributed by atoms with Crippen LogP contribution >= 0.6 is 0 Å². The summed E-state index contributed by atoms with van der Waals surface area (Å²) in [6.45, 7) is 4.62. The predicted octanol–water partition coefficient (Wildman–Crippen LogP) is 4.74. The van der Waals surface area contributed by atoms with E-state index in [-0.39, 0.29) is 122 Å². The van der Waals surface area contributed by atoms with E-state index in [1.165, 1.54) is 0 Å². The largest absolute Gasteiger partial charge is 0.677 e. The van der Waals surface area contributed by atoms with Crippen molar-refractivity contribution in [1.29, 1.82) is 0 Å². The molecule has 0 saturated heterocycles. The van der Waals surface area contributed by atoms with Crippen molar-refractivity contribution in [2.75, 3.05) is 6.54 Å². The van der Waals surface area contributed by atoms with Gasteiger partial charge in [-0.25, -0.2) is 0 Å². The fourth-order valence-corrected chi connectivity index (χ4v) is 0.393. The minimum atomic E-state index is 0. The van der Waals surface area contributed by atoms with E-state index in [4.69, 9.17) is 5.73 Å². The quantitative estimate of drug-likeness (QED) is 0.393. The summed E-state index contributed by atoms with van der Waals surface area (Å²) in [4.78, 5) is 0. The summed E-state index contributed by atoms with van der Waals surface area (Å²) in [6.07, 6.45) is 8.11. The second-order valence-corrected chi connectivity index (χ2v) is 3.06. The summed E-state index contributed by atoms with van der Waals surface area (Å²) in [7, 11) is 0. The Balaban J connectivity index is -0.0000000245. The van der Waals surface area contributed by atoms with Gasteiger partial charge in [-0.2, -0.15) is 12.1 Å². The number of furan rings is 2. The summed E-state index contributed by atoms with van der Waals surface area (Å²) < 4.78 is 8.92. The number of hydrogen-bond donors (Lipinski definition) is 0. The van der Waals surface area contributed by atoms with E-state index in [2.05, 4.69) is 21.4 Å². The first-order valence-corrected chi connectivity index (χ1v) is 4.71. The van der Waals surface area contributed by atoms with Crippen LogP contribution in [0.5, 0.6) is 0 Å². The van der Waals surface area contributed by atoms with Gasteiger partial charge in [0.2, 0.25) is 0 Å². The monoisotopic (exact) mass is 782 g/mol. The maximum absolute atomic E-state index is 6.66. The third kappa shape index (κ3) is 44.9. The van der Waals surface area contributed by atoms with Crippen LogP contribution in [0.2, 0.25) is 0 Å². The van der Waals surface area contributed by atoms with E-state index in [1.807, 2.05) is 13.8 Å². The topological polar surface area (TPSA) is 50.1 Å². The molecule has 118 valence electrons. The molecule has 2 rings (SSSR count). The predicted molar refractivity (Wildman–Crippen MR) is 71.9 cm³/mol. The molecule has 21 heavy (non-hydrogen) atoms. The van der Waals surface area contributed by atoms with E-state index < -0.39 is 0 Å². The van der Waals surface area contributed by atoms with Gasteiger partial charge in [0, 0.05) is 108 Å². The Morgan fingerprint density at radius 2 is 1.19 bits per heavy atom. The van der Waals surface area contributed by atoms with Crippen molar-refractivity contribution in [2.45, 2.75) is 13.8 Å². The molecule has 1 N–H and O–H groups in total. The van der Waals surface area contributed by atoms with Gasteiger partial charge in [0.05, 0.1) is 0 Å². The average Bonchev–Trinajstić information content (AvgIpc) is 2.96. The molecule has 0 unspecified atom stereocenters. The van der Waals surface area contributed by atoms with Crippen LogP contribution < -0.4 is 0 Å². The van der Waals surface area contributed by atoms with Crippen LogP contribution in [0.15, 0.2) is 45.6 Å². The van der Waals surface area contributed by atoms with Crippen molar-refractivity contribution in [3.05, 3.63) is 69.9 Å². The molecule has 0 aliphatic carbocycles. The third-order valence-corrected chi connectivity index (χ3v) is 1.17. The van der Waals surface area contributed by atoms with Gasteiger partial charge in [-0.05, 0) is 12.5 Å². The summed E-state index contributed by atoms with van der Waals surface area (Å²) in [5.74, 6) is 0.551. The molecule has 2 heterocycles. The van der Waals surface area contributed by atoms with Gasteiger partial charge in [-0.15, -0.1) is 18.7 Å². The minimum absolute atomic E-state index is 0. The maximum Gasteiger partial charge on any atom is 0 e. The molecular weight excluding hydrogens is 760 g/mol. The fourth-order valence-electron chi connectivity index (χ4n) is 0.393. The Bertz CT molecular complexity index is 220.